The maximum atomic E-state index is 8.58. The van der Waals surface area contributed by atoms with E-state index < -0.39 is 0 Å². The van der Waals surface area contributed by atoms with Crippen LogP contribution < -0.4 is 5.46 Å². The summed E-state index contributed by atoms with van der Waals surface area (Å²) in [6.45, 7) is 0.0524. The van der Waals surface area contributed by atoms with Gasteiger partial charge in [-0.25, -0.2) is 0 Å². The first-order valence-corrected chi connectivity index (χ1v) is 2.83. The minimum absolute atomic E-state index is 0.0524. The molecule has 0 aliphatic rings. The van der Waals surface area contributed by atoms with E-state index in [1.165, 1.54) is 0 Å². The van der Waals surface area contributed by atoms with Gasteiger partial charge < -0.3 is 5.11 Å². The summed E-state index contributed by atoms with van der Waals surface area (Å²) < 4.78 is 0. The summed E-state index contributed by atoms with van der Waals surface area (Å²) in [5.41, 5.74) is 1.84. The van der Waals surface area contributed by atoms with Crippen molar-refractivity contribution in [3.05, 3.63) is 29.8 Å². The first-order valence-electron chi connectivity index (χ1n) is 2.83. The van der Waals surface area contributed by atoms with Gasteiger partial charge >= 0.3 is 0 Å². The summed E-state index contributed by atoms with van der Waals surface area (Å²) in [5, 5.41) is 8.58. The second-order valence-electron chi connectivity index (χ2n) is 1.95. The lowest BCUT2D eigenvalue weighted by Gasteiger charge is -1.87. The van der Waals surface area contributed by atoms with Gasteiger partial charge in [-0.05, 0) is 11.5 Å². The molecule has 0 spiro atoms. The highest BCUT2D eigenvalue weighted by molar-refractivity contribution is 6.31. The van der Waals surface area contributed by atoms with Gasteiger partial charge in [0.2, 0.25) is 0 Å². The van der Waals surface area contributed by atoms with E-state index in [4.69, 9.17) is 5.11 Å². The number of aliphatic hydroxyl groups is 1. The van der Waals surface area contributed by atoms with Crippen LogP contribution in [0.1, 0.15) is 5.56 Å². The van der Waals surface area contributed by atoms with Crippen molar-refractivity contribution in [1.82, 2.24) is 0 Å². The lowest BCUT2D eigenvalue weighted by molar-refractivity contribution is 0.282. The molecule has 9 heavy (non-hydrogen) atoms. The zero-order valence-electron chi connectivity index (χ0n) is 5.31. The molecule has 1 nitrogen and oxygen atoms in total. The Morgan fingerprint density at radius 2 is 2.22 bits per heavy atom. The summed E-state index contributed by atoms with van der Waals surface area (Å²) in [5.74, 6) is 0. The van der Waals surface area contributed by atoms with Gasteiger partial charge in [0.05, 0.1) is 6.61 Å². The minimum atomic E-state index is 0.0524. The highest BCUT2D eigenvalue weighted by atomic mass is 16.3. The van der Waals surface area contributed by atoms with Crippen molar-refractivity contribution in [2.45, 2.75) is 6.61 Å². The quantitative estimate of drug-likeness (QED) is 0.470. The Morgan fingerprint density at radius 3 is 2.67 bits per heavy atom. The SMILES string of the molecule is Bc1c#cc(CO)cc1. The number of aliphatic hydroxyl groups excluding tert-OH is 1. The van der Waals surface area contributed by atoms with Crippen LogP contribution in [-0.4, -0.2) is 13.0 Å². The lowest BCUT2D eigenvalue weighted by Crippen LogP contribution is -1.98. The van der Waals surface area contributed by atoms with Crippen LogP contribution >= 0.6 is 0 Å². The molecule has 0 saturated heterocycles. The molecule has 0 aliphatic carbocycles. The largest absolute Gasteiger partial charge is 0.391 e. The van der Waals surface area contributed by atoms with Crippen molar-refractivity contribution in [2.75, 3.05) is 0 Å². The van der Waals surface area contributed by atoms with Gasteiger partial charge in [0, 0.05) is 5.56 Å². The summed E-state index contributed by atoms with van der Waals surface area (Å²) in [6, 6.07) is 9.42. The van der Waals surface area contributed by atoms with Gasteiger partial charge in [0.25, 0.3) is 0 Å². The summed E-state index contributed by atoms with van der Waals surface area (Å²) in [7, 11) is 1.94. The standard InChI is InChI=1S/C7H7BO/c8-7-3-1-6(5-9)2-4-7/h1,3,9H,5,8H2. The van der Waals surface area contributed by atoms with Crippen LogP contribution in [0, 0.1) is 12.1 Å². The van der Waals surface area contributed by atoms with Crippen molar-refractivity contribution in [2.24, 2.45) is 0 Å². The molecule has 0 aromatic heterocycles. The van der Waals surface area contributed by atoms with Gasteiger partial charge in [-0.1, -0.05) is 18.2 Å². The molecule has 0 saturated carbocycles. The van der Waals surface area contributed by atoms with Gasteiger partial charge in [-0.3, -0.25) is 0 Å². The van der Waals surface area contributed by atoms with Gasteiger partial charge in [0.15, 0.2) is 7.85 Å². The molecule has 0 heterocycles. The molecule has 0 fully saturated rings. The van der Waals surface area contributed by atoms with E-state index in [0.717, 1.165) is 11.0 Å². The number of hydrogen-bond donors (Lipinski definition) is 1. The fourth-order valence-corrected chi connectivity index (χ4v) is 0.580. The van der Waals surface area contributed by atoms with E-state index in [-0.39, 0.29) is 6.61 Å². The summed E-state index contributed by atoms with van der Waals surface area (Å²) in [6.07, 6.45) is 0. The average Bonchev–Trinajstić information content (AvgIpc) is 1.90. The Bertz CT molecular complexity index is 181. The molecule has 0 radical (unpaired) electrons. The zero-order chi connectivity index (χ0) is 6.69. The smallest absolute Gasteiger partial charge is 0.150 e. The monoisotopic (exact) mass is 118 g/mol. The highest BCUT2D eigenvalue weighted by Gasteiger charge is 1.83. The van der Waals surface area contributed by atoms with E-state index in [9.17, 15) is 0 Å². The van der Waals surface area contributed by atoms with Crippen LogP contribution in [0.4, 0.5) is 0 Å². The Hall–Kier alpha value is -0.935. The molecule has 2 heteroatoms. The van der Waals surface area contributed by atoms with Crippen LogP contribution in [0.3, 0.4) is 0 Å². The molecule has 0 atom stereocenters. The predicted octanol–water partition coefficient (Wildman–Crippen LogP) is -0.962. The third-order valence-corrected chi connectivity index (χ3v) is 1.13. The van der Waals surface area contributed by atoms with Crippen LogP contribution in [0.15, 0.2) is 12.1 Å². The van der Waals surface area contributed by atoms with Gasteiger partial charge in [-0.15, -0.1) is 0 Å². The maximum Gasteiger partial charge on any atom is 0.150 e. The second-order valence-corrected chi connectivity index (χ2v) is 1.95. The first-order chi connectivity index (χ1) is 4.33. The highest BCUT2D eigenvalue weighted by Crippen LogP contribution is 1.88. The summed E-state index contributed by atoms with van der Waals surface area (Å²) in [4.78, 5) is 0. The molecule has 1 aromatic carbocycles. The van der Waals surface area contributed by atoms with Crippen LogP contribution in [0.25, 0.3) is 0 Å². The number of hydrogen-bond acceptors (Lipinski definition) is 1. The molecule has 0 bridgehead atoms. The fourth-order valence-electron chi connectivity index (χ4n) is 0.580. The molecule has 44 valence electrons. The first kappa shape index (κ1) is 6.19. The van der Waals surface area contributed by atoms with Gasteiger partial charge in [-0.2, -0.15) is 0 Å². The van der Waals surface area contributed by atoms with Crippen LogP contribution in [-0.2, 0) is 6.61 Å². The van der Waals surface area contributed by atoms with E-state index >= 15 is 0 Å². The van der Waals surface area contributed by atoms with E-state index in [1.54, 1.807) is 0 Å². The molecule has 0 unspecified atom stereocenters. The third kappa shape index (κ3) is 1.48. The maximum absolute atomic E-state index is 8.58. The molecule has 1 aromatic rings. The normalized spacial score (nSPS) is 8.56. The van der Waals surface area contributed by atoms with Crippen LogP contribution in [0.5, 0.6) is 0 Å². The Kier molecular flexibility index (Phi) is 1.76. The summed E-state index contributed by atoms with van der Waals surface area (Å²) >= 11 is 0. The second kappa shape index (κ2) is 2.57. The van der Waals surface area contributed by atoms with Crippen molar-refractivity contribution >= 4 is 13.3 Å². The molecule has 1 N–H and O–H groups in total. The topological polar surface area (TPSA) is 20.2 Å². The fraction of sp³-hybridized carbons (Fsp3) is 0.143. The Morgan fingerprint density at radius 1 is 1.44 bits per heavy atom. The minimum Gasteiger partial charge on any atom is -0.391 e. The predicted molar refractivity (Wildman–Crippen MR) is 38.2 cm³/mol. The van der Waals surface area contributed by atoms with Crippen LogP contribution in [0.2, 0.25) is 0 Å². The molecular weight excluding hydrogens is 111 g/mol. The molecule has 0 aliphatic heterocycles. The van der Waals surface area contributed by atoms with E-state index in [0.29, 0.717) is 0 Å². The van der Waals surface area contributed by atoms with Crippen molar-refractivity contribution in [3.8, 4) is 0 Å². The Labute approximate surface area is 55.7 Å². The Balaban J connectivity index is 2.88. The molecule has 0 amide bonds. The molecule has 1 rings (SSSR count). The third-order valence-electron chi connectivity index (χ3n) is 1.13. The lowest BCUT2D eigenvalue weighted by atomic mass is 9.98. The average molecular weight is 118 g/mol. The van der Waals surface area contributed by atoms with E-state index in [1.807, 2.05) is 20.0 Å². The van der Waals surface area contributed by atoms with Crippen molar-refractivity contribution in [1.29, 1.82) is 0 Å². The van der Waals surface area contributed by atoms with Crippen molar-refractivity contribution in [3.63, 3.8) is 0 Å². The zero-order valence-corrected chi connectivity index (χ0v) is 5.31. The molecular formula is C7H7BO. The van der Waals surface area contributed by atoms with E-state index in [2.05, 4.69) is 12.1 Å². The van der Waals surface area contributed by atoms with Gasteiger partial charge in [0.1, 0.15) is 0 Å². The van der Waals surface area contributed by atoms with Crippen molar-refractivity contribution < 1.29 is 5.11 Å². The number of rotatable bonds is 1.